The van der Waals surface area contributed by atoms with Crippen molar-refractivity contribution < 1.29 is 53.1 Å². The Morgan fingerprint density at radius 2 is 0.910 bits per heavy atom. The number of unbranched alkanes of at least 4 members (excludes halogenated alkanes) is 5. The van der Waals surface area contributed by atoms with E-state index in [0.29, 0.717) is 32.1 Å². The van der Waals surface area contributed by atoms with E-state index in [4.69, 9.17) is 40.5 Å². The summed E-state index contributed by atoms with van der Waals surface area (Å²) in [5.74, 6) is -5.01. The summed E-state index contributed by atoms with van der Waals surface area (Å²) in [6.45, 7) is 29.3. The number of ether oxygens (including phenoxy) is 5. The van der Waals surface area contributed by atoms with Crippen LogP contribution in [0.1, 0.15) is 199 Å². The maximum absolute atomic E-state index is 13.4. The van der Waals surface area contributed by atoms with Gasteiger partial charge >= 0.3 is 29.9 Å². The molecule has 28 heteroatoms. The van der Waals surface area contributed by atoms with Crippen molar-refractivity contribution in [3.8, 4) is 47.1 Å². The maximum atomic E-state index is 13.4. The Labute approximate surface area is 514 Å². The third kappa shape index (κ3) is 16.0. The summed E-state index contributed by atoms with van der Waals surface area (Å²) >= 11 is 0. The summed E-state index contributed by atoms with van der Waals surface area (Å²) in [6.07, 6.45) is 9.35. The zero-order valence-electron chi connectivity index (χ0n) is 51.9. The van der Waals surface area contributed by atoms with Gasteiger partial charge in [-0.05, 0) is 68.5 Å². The van der Waals surface area contributed by atoms with Crippen LogP contribution in [-0.4, -0.2) is 121 Å². The van der Waals surface area contributed by atoms with Gasteiger partial charge in [-0.15, -0.1) is 20.5 Å². The van der Waals surface area contributed by atoms with Crippen molar-refractivity contribution in [1.29, 1.82) is 5.26 Å². The van der Waals surface area contributed by atoms with Crippen LogP contribution in [0.5, 0.6) is 17.8 Å². The smallest absolute Gasteiger partial charge is 0.338 e. The highest BCUT2D eigenvalue weighted by Crippen LogP contribution is 2.43. The number of carbonyl (C=O) groups is 4. The summed E-state index contributed by atoms with van der Waals surface area (Å²) in [5.41, 5.74) is -1.56. The molecule has 0 aliphatic rings. The van der Waals surface area contributed by atoms with Crippen LogP contribution in [0, 0.1) is 17.9 Å². The first-order chi connectivity index (χ1) is 42.6. The van der Waals surface area contributed by atoms with E-state index in [1.165, 1.54) is 58.2 Å². The number of azo groups is 2. The van der Waals surface area contributed by atoms with Crippen molar-refractivity contribution >= 4 is 52.6 Å². The number of hydrogen-bond donors (Lipinski definition) is 2. The van der Waals surface area contributed by atoms with Crippen molar-refractivity contribution in [3.05, 3.63) is 99.4 Å². The molecule has 89 heavy (non-hydrogen) atoms. The van der Waals surface area contributed by atoms with E-state index < -0.39 is 46.5 Å². The first kappa shape index (κ1) is 66.3. The number of esters is 4. The highest BCUT2D eigenvalue weighted by Gasteiger charge is 2.33. The first-order valence-electron chi connectivity index (χ1n) is 29.4. The fourth-order valence-electron chi connectivity index (χ4n) is 8.28. The Bertz CT molecular complexity index is 3530. The standard InChI is InChI=1S/C61H73N17O11/c1-13-18-23-85-53(81)37-28-38(54(82)86-24-19-14-2)31-42(30-37)75-49(41(34-62)35-64-75)71-69-45-47(60(6,7)8)73-77(51(45)79)57-66-58(68-59(67-57)89-27-22-17-5)78-52(80)46(48(74-78)61(9,10)11)70-72-50-44(63-12)36-65-76(50)43-32-39(55(83)87-25-20-15-3)29-40(33-43)56(84)88-26-21-16-4/h28-33,35-36,79-80H,13-27H2,1-11H3. The summed E-state index contributed by atoms with van der Waals surface area (Å²) < 4.78 is 32.3. The zero-order valence-corrected chi connectivity index (χ0v) is 51.9. The van der Waals surface area contributed by atoms with Crippen molar-refractivity contribution in [1.82, 2.24) is 54.1 Å². The molecule has 0 fully saturated rings. The van der Waals surface area contributed by atoms with Gasteiger partial charge in [-0.25, -0.2) is 33.4 Å². The van der Waals surface area contributed by atoms with Crippen molar-refractivity contribution in [3.63, 3.8) is 0 Å². The van der Waals surface area contributed by atoms with E-state index in [-0.39, 0.29) is 130 Å². The molecule has 0 radical (unpaired) electrons. The number of aromatic nitrogens is 11. The number of rotatable bonds is 28. The van der Waals surface area contributed by atoms with Gasteiger partial charge < -0.3 is 33.9 Å². The highest BCUT2D eigenvalue weighted by molar-refractivity contribution is 5.97. The van der Waals surface area contributed by atoms with Gasteiger partial charge in [0.25, 0.3) is 17.6 Å². The fourth-order valence-corrected chi connectivity index (χ4v) is 8.28. The number of carbonyl (C=O) groups excluding carboxylic acids is 4. The van der Waals surface area contributed by atoms with Crippen LogP contribution in [0.25, 0.3) is 28.1 Å². The molecule has 0 amide bonds. The molecule has 0 aliphatic heterocycles. The molecule has 28 nitrogen and oxygen atoms in total. The monoisotopic (exact) mass is 1220 g/mol. The minimum absolute atomic E-state index is 0.0137. The zero-order chi connectivity index (χ0) is 64.6. The van der Waals surface area contributed by atoms with Crippen LogP contribution >= 0.6 is 0 Å². The Morgan fingerprint density at radius 3 is 1.28 bits per heavy atom. The molecule has 0 aliphatic carbocycles. The molecule has 5 aromatic heterocycles. The summed E-state index contributed by atoms with van der Waals surface area (Å²) in [5, 5.41) is 70.9. The van der Waals surface area contributed by atoms with Gasteiger partial charge in [0.15, 0.2) is 23.0 Å². The SMILES string of the molecule is [C-]#[N+]c1cnn(-c2cc(C(=O)OCCCC)cc(C(=O)OCCCC)c2)c1N=Nc1c(C(C)(C)C)nn(-c2nc(OCCCC)nc(-n3nc(C(C)(C)C)c(N=Nc4c(C#N)cnn4-c4cc(C(=O)OCCCC)cc(C(=O)OCCCC)c4)c3O)n2)c1O. The van der Waals surface area contributed by atoms with E-state index in [9.17, 15) is 34.7 Å². The Balaban J connectivity index is 1.34. The molecule has 2 N–H and O–H groups in total. The second-order valence-corrected chi connectivity index (χ2v) is 22.5. The lowest BCUT2D eigenvalue weighted by Crippen LogP contribution is -2.16. The Kier molecular flexibility index (Phi) is 22.3. The molecule has 0 saturated heterocycles. The molecule has 0 bridgehead atoms. The van der Waals surface area contributed by atoms with Crippen LogP contribution in [0.15, 0.2) is 69.2 Å². The molecule has 0 atom stereocenters. The Morgan fingerprint density at radius 1 is 0.539 bits per heavy atom. The predicted octanol–water partition coefficient (Wildman–Crippen LogP) is 12.9. The fraction of sp³-hybridized carbons (Fsp3) is 0.459. The van der Waals surface area contributed by atoms with Crippen LogP contribution in [0.4, 0.5) is 28.7 Å². The summed E-state index contributed by atoms with van der Waals surface area (Å²) in [6, 6.07) is 10.2. The van der Waals surface area contributed by atoms with E-state index in [1.54, 1.807) is 41.5 Å². The lowest BCUT2D eigenvalue weighted by atomic mass is 9.91. The lowest BCUT2D eigenvalue weighted by Gasteiger charge is -2.15. The Hall–Kier alpha value is -10.2. The number of benzene rings is 2. The third-order valence-corrected chi connectivity index (χ3v) is 13.2. The van der Waals surface area contributed by atoms with Gasteiger partial charge in [0.05, 0.1) is 97.0 Å². The molecule has 2 aromatic carbocycles. The van der Waals surface area contributed by atoms with Gasteiger partial charge in [0.1, 0.15) is 11.6 Å². The minimum atomic E-state index is -0.874. The number of hydrogen-bond acceptors (Lipinski definition) is 23. The molecule has 0 unspecified atom stereocenters. The van der Waals surface area contributed by atoms with E-state index in [0.717, 1.165) is 41.5 Å². The summed E-state index contributed by atoms with van der Waals surface area (Å²) in [4.78, 5) is 70.7. The predicted molar refractivity (Wildman–Crippen MR) is 322 cm³/mol. The molecular formula is C61H73N17O11. The van der Waals surface area contributed by atoms with E-state index >= 15 is 0 Å². The van der Waals surface area contributed by atoms with Crippen molar-refractivity contribution in [2.75, 3.05) is 33.0 Å². The first-order valence-corrected chi connectivity index (χ1v) is 29.4. The lowest BCUT2D eigenvalue weighted by molar-refractivity contribution is 0.0479. The van der Waals surface area contributed by atoms with Crippen molar-refractivity contribution in [2.24, 2.45) is 20.5 Å². The van der Waals surface area contributed by atoms with Crippen LogP contribution in [0.2, 0.25) is 0 Å². The highest BCUT2D eigenvalue weighted by atomic mass is 16.5. The number of aromatic hydroxyl groups is 2. The topological polar surface area (TPSA) is 342 Å². The minimum Gasteiger partial charge on any atom is -0.492 e. The van der Waals surface area contributed by atoms with Crippen molar-refractivity contribution in [2.45, 2.75) is 151 Å². The van der Waals surface area contributed by atoms with Crippen LogP contribution in [0.3, 0.4) is 0 Å². The van der Waals surface area contributed by atoms with E-state index in [2.05, 4.69) is 50.5 Å². The molecular weight excluding hydrogens is 1150 g/mol. The van der Waals surface area contributed by atoms with Crippen LogP contribution in [-0.2, 0) is 29.8 Å². The number of nitrogens with zero attached hydrogens (tertiary/aromatic N) is 17. The third-order valence-electron chi connectivity index (χ3n) is 13.2. The molecule has 468 valence electrons. The van der Waals surface area contributed by atoms with Crippen LogP contribution < -0.4 is 4.74 Å². The largest absolute Gasteiger partial charge is 0.492 e. The normalized spacial score (nSPS) is 11.7. The maximum Gasteiger partial charge on any atom is 0.338 e. The second kappa shape index (κ2) is 29.9. The second-order valence-electron chi connectivity index (χ2n) is 22.5. The number of nitriles is 1. The van der Waals surface area contributed by atoms with Gasteiger partial charge in [-0.2, -0.15) is 50.0 Å². The molecule has 7 rings (SSSR count). The molecule has 5 heterocycles. The van der Waals surface area contributed by atoms with Gasteiger partial charge in [0, 0.05) is 10.8 Å². The molecule has 7 aromatic rings. The van der Waals surface area contributed by atoms with Gasteiger partial charge in [0.2, 0.25) is 11.8 Å². The molecule has 0 saturated carbocycles. The summed E-state index contributed by atoms with van der Waals surface area (Å²) in [7, 11) is 0. The molecule has 0 spiro atoms. The average molecular weight is 1220 g/mol. The van der Waals surface area contributed by atoms with E-state index in [1.807, 2.05) is 40.7 Å². The quantitative estimate of drug-likeness (QED) is 0.0151. The average Bonchev–Trinajstić information content (AvgIpc) is 2.02. The van der Waals surface area contributed by atoms with Gasteiger partial charge in [-0.1, -0.05) is 108 Å². The van der Waals surface area contributed by atoms with Gasteiger partial charge in [-0.3, -0.25) is 0 Å².